The Balaban J connectivity index is 2.46. The van der Waals surface area contributed by atoms with Crippen molar-refractivity contribution < 1.29 is 23.0 Å². The number of aliphatic hydroxyl groups excluding tert-OH is 1. The van der Waals surface area contributed by atoms with Gasteiger partial charge in [-0.25, -0.2) is 0 Å². The molecule has 1 fully saturated rings. The number of nitrogens with zero attached hydrogens (tertiary/aromatic N) is 1. The average molecular weight is 286 g/mol. The minimum atomic E-state index is -4.32. The third kappa shape index (κ3) is 5.03. The zero-order chi connectivity index (χ0) is 13.8. The van der Waals surface area contributed by atoms with E-state index < -0.39 is 24.8 Å². The molecule has 8 heteroatoms. The molecule has 18 heavy (non-hydrogen) atoms. The summed E-state index contributed by atoms with van der Waals surface area (Å²) in [5.41, 5.74) is 0. The Labute approximate surface area is 108 Å². The molecular weight excluding hydrogens is 269 g/mol. The van der Waals surface area contributed by atoms with E-state index in [9.17, 15) is 18.3 Å². The number of ether oxygens (including phenoxy) is 1. The van der Waals surface area contributed by atoms with Gasteiger partial charge in [0, 0.05) is 7.05 Å². The quantitative estimate of drug-likeness (QED) is 0.595. The second-order valence-electron chi connectivity index (χ2n) is 4.07. The van der Waals surface area contributed by atoms with Crippen LogP contribution in [-0.2, 0) is 4.74 Å². The van der Waals surface area contributed by atoms with E-state index in [1.165, 1.54) is 11.8 Å². The van der Waals surface area contributed by atoms with E-state index in [1.807, 2.05) is 6.26 Å². The van der Waals surface area contributed by atoms with Gasteiger partial charge in [-0.3, -0.25) is 4.99 Å². The molecule has 1 rings (SSSR count). The Kier molecular flexibility index (Phi) is 5.74. The first kappa shape index (κ1) is 15.6. The summed E-state index contributed by atoms with van der Waals surface area (Å²) in [5.74, 6) is 0. The van der Waals surface area contributed by atoms with Gasteiger partial charge in [-0.15, -0.1) is 0 Å². The predicted octanol–water partition coefficient (Wildman–Crippen LogP) is 1.40. The highest BCUT2D eigenvalue weighted by Crippen LogP contribution is 2.28. The number of halogens is 3. The summed E-state index contributed by atoms with van der Waals surface area (Å²) in [7, 11) is 1.62. The zero-order valence-electron chi connectivity index (χ0n) is 10.2. The Morgan fingerprint density at radius 3 is 2.67 bits per heavy atom. The van der Waals surface area contributed by atoms with Gasteiger partial charge in [0.25, 0.3) is 0 Å². The number of thioether (sulfide) groups is 1. The van der Waals surface area contributed by atoms with E-state index in [4.69, 9.17) is 4.74 Å². The third-order valence-electron chi connectivity index (χ3n) is 2.62. The lowest BCUT2D eigenvalue weighted by Gasteiger charge is -2.34. The van der Waals surface area contributed by atoms with Crippen LogP contribution < -0.4 is 5.32 Å². The summed E-state index contributed by atoms with van der Waals surface area (Å²) in [5, 5.41) is 13.3. The van der Waals surface area contributed by atoms with E-state index >= 15 is 0 Å². The number of aliphatic hydroxyl groups is 1. The lowest BCUT2D eigenvalue weighted by Crippen LogP contribution is -2.49. The molecule has 0 aromatic rings. The fraction of sp³-hybridized carbons (Fsp3) is 0.900. The van der Waals surface area contributed by atoms with Crippen molar-refractivity contribution in [3.05, 3.63) is 0 Å². The summed E-state index contributed by atoms with van der Waals surface area (Å²) in [6.45, 7) is 0.136. The van der Waals surface area contributed by atoms with Crippen molar-refractivity contribution in [1.29, 1.82) is 0 Å². The molecule has 0 bridgehead atoms. The van der Waals surface area contributed by atoms with Crippen molar-refractivity contribution in [2.24, 2.45) is 4.99 Å². The van der Waals surface area contributed by atoms with Crippen LogP contribution in [0.25, 0.3) is 0 Å². The average Bonchev–Trinajstić information content (AvgIpc) is 2.28. The molecule has 3 atom stereocenters. The Morgan fingerprint density at radius 2 is 2.22 bits per heavy atom. The Bertz CT molecular complexity index is 299. The molecular formula is C10H17F3N2O2S. The van der Waals surface area contributed by atoms with E-state index in [2.05, 4.69) is 10.3 Å². The van der Waals surface area contributed by atoms with Crippen LogP contribution in [0.15, 0.2) is 4.99 Å². The normalized spacial score (nSPS) is 30.3. The van der Waals surface area contributed by atoms with Gasteiger partial charge in [-0.05, 0) is 12.7 Å². The molecule has 4 nitrogen and oxygen atoms in total. The standard InChI is InChI=1S/C10H17F3N2O2S/c1-14-9(18-2)15-6-3-7(16)8(17-5-6)4-10(11,12)13/h6-8,16H,3-5H2,1-2H3,(H,14,15)/t6-,7+,8?/m1/s1. The highest BCUT2D eigenvalue weighted by Gasteiger charge is 2.39. The van der Waals surface area contributed by atoms with Gasteiger partial charge >= 0.3 is 6.18 Å². The topological polar surface area (TPSA) is 53.9 Å². The molecule has 0 aromatic heterocycles. The number of nitrogens with one attached hydrogen (secondary N) is 1. The smallest absolute Gasteiger partial charge is 0.390 e. The first-order valence-corrected chi connectivity index (χ1v) is 6.72. The first-order chi connectivity index (χ1) is 8.35. The molecule has 0 aromatic carbocycles. The molecule has 106 valence electrons. The van der Waals surface area contributed by atoms with E-state index in [1.54, 1.807) is 7.05 Å². The van der Waals surface area contributed by atoms with E-state index in [0.717, 1.165) is 0 Å². The lowest BCUT2D eigenvalue weighted by molar-refractivity contribution is -0.186. The van der Waals surface area contributed by atoms with Crippen LogP contribution in [0.5, 0.6) is 0 Å². The summed E-state index contributed by atoms with van der Waals surface area (Å²) in [6.07, 6.45) is -5.65. The van der Waals surface area contributed by atoms with Crippen LogP contribution in [0.1, 0.15) is 12.8 Å². The van der Waals surface area contributed by atoms with Gasteiger partial charge in [0.05, 0.1) is 31.3 Å². The molecule has 1 unspecified atom stereocenters. The molecule has 0 aliphatic carbocycles. The van der Waals surface area contributed by atoms with Crippen LogP contribution in [0.2, 0.25) is 0 Å². The molecule has 1 aliphatic rings. The number of alkyl halides is 3. The minimum absolute atomic E-state index is 0.136. The predicted molar refractivity (Wildman–Crippen MR) is 64.8 cm³/mol. The lowest BCUT2D eigenvalue weighted by atomic mass is 9.99. The van der Waals surface area contributed by atoms with Gasteiger partial charge in [0.15, 0.2) is 5.17 Å². The zero-order valence-corrected chi connectivity index (χ0v) is 11.0. The van der Waals surface area contributed by atoms with Gasteiger partial charge in [0.2, 0.25) is 0 Å². The maximum atomic E-state index is 12.2. The van der Waals surface area contributed by atoms with Gasteiger partial charge in [-0.1, -0.05) is 11.8 Å². The number of aliphatic imine (C=N–C) groups is 1. The van der Waals surface area contributed by atoms with Crippen molar-refractivity contribution >= 4 is 16.9 Å². The van der Waals surface area contributed by atoms with Crippen molar-refractivity contribution in [3.63, 3.8) is 0 Å². The van der Waals surface area contributed by atoms with Gasteiger partial charge in [-0.2, -0.15) is 13.2 Å². The largest absolute Gasteiger partial charge is 0.391 e. The number of hydrogen-bond donors (Lipinski definition) is 2. The summed E-state index contributed by atoms with van der Waals surface area (Å²) >= 11 is 1.40. The van der Waals surface area contributed by atoms with Gasteiger partial charge in [0.1, 0.15) is 0 Å². The molecule has 0 radical (unpaired) electrons. The number of amidine groups is 1. The van der Waals surface area contributed by atoms with Crippen molar-refractivity contribution in [2.45, 2.75) is 37.3 Å². The highest BCUT2D eigenvalue weighted by molar-refractivity contribution is 8.13. The number of rotatable bonds is 2. The fourth-order valence-corrected chi connectivity index (χ4v) is 2.24. The maximum Gasteiger partial charge on any atom is 0.391 e. The molecule has 0 amide bonds. The summed E-state index contributed by atoms with van der Waals surface area (Å²) in [6, 6.07) is -0.212. The molecule has 0 saturated carbocycles. The Morgan fingerprint density at radius 1 is 1.56 bits per heavy atom. The SMILES string of the molecule is CN=C(N[C@H]1COC(CC(F)(F)F)[C@@H](O)C1)SC. The first-order valence-electron chi connectivity index (χ1n) is 5.49. The van der Waals surface area contributed by atoms with Crippen LogP contribution in [0.3, 0.4) is 0 Å². The highest BCUT2D eigenvalue weighted by atomic mass is 32.2. The monoisotopic (exact) mass is 286 g/mol. The van der Waals surface area contributed by atoms with Crippen LogP contribution in [-0.4, -0.2) is 54.6 Å². The van der Waals surface area contributed by atoms with Crippen molar-refractivity contribution in [2.75, 3.05) is 19.9 Å². The van der Waals surface area contributed by atoms with Crippen LogP contribution in [0.4, 0.5) is 13.2 Å². The van der Waals surface area contributed by atoms with Crippen LogP contribution in [0, 0.1) is 0 Å². The van der Waals surface area contributed by atoms with Crippen LogP contribution >= 0.6 is 11.8 Å². The molecule has 0 spiro atoms. The van der Waals surface area contributed by atoms with E-state index in [-0.39, 0.29) is 19.1 Å². The minimum Gasteiger partial charge on any atom is -0.390 e. The molecule has 1 aliphatic heterocycles. The number of hydrogen-bond acceptors (Lipinski definition) is 4. The Hall–Kier alpha value is -0.470. The molecule has 2 N–H and O–H groups in total. The van der Waals surface area contributed by atoms with Crippen molar-refractivity contribution in [1.82, 2.24) is 5.32 Å². The second kappa shape index (κ2) is 6.63. The summed E-state index contributed by atoms with van der Waals surface area (Å²) < 4.78 is 41.7. The van der Waals surface area contributed by atoms with E-state index in [0.29, 0.717) is 5.17 Å². The fourth-order valence-electron chi connectivity index (χ4n) is 1.78. The molecule has 1 heterocycles. The summed E-state index contributed by atoms with van der Waals surface area (Å²) in [4.78, 5) is 3.96. The molecule has 1 saturated heterocycles. The third-order valence-corrected chi connectivity index (χ3v) is 3.31. The second-order valence-corrected chi connectivity index (χ2v) is 4.86. The maximum absolute atomic E-state index is 12.2. The van der Waals surface area contributed by atoms with Gasteiger partial charge < -0.3 is 15.2 Å². The van der Waals surface area contributed by atoms with Crippen molar-refractivity contribution in [3.8, 4) is 0 Å².